The molecular weight excluding hydrogens is 534 g/mol. The number of aliphatic hydroxyl groups excluding tert-OH is 1. The Morgan fingerprint density at radius 3 is 2.34 bits per heavy atom. The standard InChI is InChI=1S/C33H35N3O4S/c1-2-35-33(38)36-26-12-8-11-25(19-26)32-39-28(21-41-29-14-7-6-13-27(29)34)30(23-9-4-3-5-10-23)31(40-32)24-17-15-22(20-37)16-18-24/h3-19,28,30-32,37H,2,20-21,34H2,1H3,(H2,35,36,38)/t28-,30-,31+,32?/m1/s1. The van der Waals surface area contributed by atoms with E-state index in [0.29, 0.717) is 18.0 Å². The zero-order chi connectivity index (χ0) is 28.6. The highest BCUT2D eigenvalue weighted by Crippen LogP contribution is 2.48. The lowest BCUT2D eigenvalue weighted by atomic mass is 9.84. The van der Waals surface area contributed by atoms with Crippen LogP contribution in [0.15, 0.2) is 108 Å². The smallest absolute Gasteiger partial charge is 0.319 e. The number of aliphatic hydroxyl groups is 1. The van der Waals surface area contributed by atoms with Crippen LogP contribution in [0, 0.1) is 0 Å². The number of urea groups is 1. The summed E-state index contributed by atoms with van der Waals surface area (Å²) in [6.07, 6.45) is -1.24. The lowest BCUT2D eigenvalue weighted by Crippen LogP contribution is -2.38. The fourth-order valence-corrected chi connectivity index (χ4v) is 6.07. The SMILES string of the molecule is CCNC(=O)Nc1cccc(C2O[C@H](CSc3ccccc3N)[C@@H](c3ccccc3)[C@H](c3ccc(CO)cc3)O2)c1. The van der Waals surface area contributed by atoms with Gasteiger partial charge in [0.05, 0.1) is 18.8 Å². The van der Waals surface area contributed by atoms with Gasteiger partial charge in [-0.05, 0) is 47.9 Å². The molecule has 1 unspecified atom stereocenters. The topological polar surface area (TPSA) is 106 Å². The summed E-state index contributed by atoms with van der Waals surface area (Å²) < 4.78 is 13.5. The average Bonchev–Trinajstić information content (AvgIpc) is 3.01. The van der Waals surface area contributed by atoms with Crippen LogP contribution in [0.25, 0.3) is 0 Å². The number of ether oxygens (including phenoxy) is 2. The number of amides is 2. The van der Waals surface area contributed by atoms with Crippen LogP contribution < -0.4 is 16.4 Å². The van der Waals surface area contributed by atoms with E-state index in [0.717, 1.165) is 32.8 Å². The van der Waals surface area contributed by atoms with E-state index in [1.807, 2.05) is 97.9 Å². The Morgan fingerprint density at radius 2 is 1.61 bits per heavy atom. The van der Waals surface area contributed by atoms with Crippen molar-refractivity contribution in [3.63, 3.8) is 0 Å². The van der Waals surface area contributed by atoms with Gasteiger partial charge in [0, 0.05) is 40.0 Å². The van der Waals surface area contributed by atoms with Gasteiger partial charge >= 0.3 is 6.03 Å². The van der Waals surface area contributed by atoms with Gasteiger partial charge in [-0.3, -0.25) is 0 Å². The molecule has 0 radical (unpaired) electrons. The highest BCUT2D eigenvalue weighted by Gasteiger charge is 2.42. The van der Waals surface area contributed by atoms with Crippen molar-refractivity contribution in [2.75, 3.05) is 23.3 Å². The Morgan fingerprint density at radius 1 is 0.878 bits per heavy atom. The molecule has 41 heavy (non-hydrogen) atoms. The first kappa shape index (κ1) is 28.7. The molecule has 1 aliphatic heterocycles. The number of nitrogens with two attached hydrogens (primary N) is 1. The number of anilines is 2. The van der Waals surface area contributed by atoms with Crippen LogP contribution >= 0.6 is 11.8 Å². The normalized spacial score (nSPS) is 20.3. The van der Waals surface area contributed by atoms with E-state index in [2.05, 4.69) is 22.8 Å². The van der Waals surface area contributed by atoms with Gasteiger partial charge in [0.2, 0.25) is 0 Å². The number of carbonyl (C=O) groups is 1. The molecule has 7 nitrogen and oxygen atoms in total. The molecule has 4 aromatic rings. The molecule has 5 N–H and O–H groups in total. The van der Waals surface area contributed by atoms with Gasteiger partial charge in [-0.2, -0.15) is 0 Å². The molecule has 0 saturated carbocycles. The lowest BCUT2D eigenvalue weighted by Gasteiger charge is -2.43. The Kier molecular flexibility index (Phi) is 9.59. The van der Waals surface area contributed by atoms with Crippen molar-refractivity contribution in [1.82, 2.24) is 5.32 Å². The third kappa shape index (κ3) is 7.10. The largest absolute Gasteiger partial charge is 0.398 e. The quantitative estimate of drug-likeness (QED) is 0.133. The van der Waals surface area contributed by atoms with Crippen LogP contribution in [0.1, 0.15) is 47.5 Å². The van der Waals surface area contributed by atoms with E-state index in [9.17, 15) is 9.90 Å². The van der Waals surface area contributed by atoms with Gasteiger partial charge in [-0.25, -0.2) is 4.79 Å². The number of rotatable bonds is 9. The minimum absolute atomic E-state index is 0.0250. The van der Waals surface area contributed by atoms with Crippen molar-refractivity contribution in [3.05, 3.63) is 125 Å². The second-order valence-electron chi connectivity index (χ2n) is 9.86. The summed E-state index contributed by atoms with van der Waals surface area (Å²) in [4.78, 5) is 13.2. The summed E-state index contributed by atoms with van der Waals surface area (Å²) in [5, 5.41) is 15.3. The monoisotopic (exact) mass is 569 g/mol. The zero-order valence-corrected chi connectivity index (χ0v) is 23.7. The maximum absolute atomic E-state index is 12.2. The Hall–Kier alpha value is -3.82. The summed E-state index contributed by atoms with van der Waals surface area (Å²) in [5.74, 6) is 0.539. The molecule has 4 atom stereocenters. The molecular formula is C33H35N3O4S. The summed E-state index contributed by atoms with van der Waals surface area (Å²) in [7, 11) is 0. The third-order valence-corrected chi connectivity index (χ3v) is 8.22. The molecule has 1 fully saturated rings. The highest BCUT2D eigenvalue weighted by molar-refractivity contribution is 7.99. The van der Waals surface area contributed by atoms with Crippen molar-refractivity contribution in [2.24, 2.45) is 0 Å². The van der Waals surface area contributed by atoms with Gasteiger partial charge in [0.25, 0.3) is 0 Å². The number of nitrogen functional groups attached to an aromatic ring is 1. The summed E-state index contributed by atoms with van der Waals surface area (Å²) >= 11 is 1.67. The van der Waals surface area contributed by atoms with Gasteiger partial charge in [0.15, 0.2) is 6.29 Å². The summed E-state index contributed by atoms with van der Waals surface area (Å²) in [6, 6.07) is 33.3. The second-order valence-corrected chi connectivity index (χ2v) is 10.9. The molecule has 1 aliphatic rings. The molecule has 1 heterocycles. The Balaban J connectivity index is 1.52. The summed E-state index contributed by atoms with van der Waals surface area (Å²) in [5.41, 5.74) is 11.4. The number of hydrogen-bond acceptors (Lipinski definition) is 6. The van der Waals surface area contributed by atoms with Crippen LogP contribution in [0.3, 0.4) is 0 Å². The van der Waals surface area contributed by atoms with Gasteiger partial charge in [0.1, 0.15) is 0 Å². The number of para-hydroxylation sites is 1. The maximum Gasteiger partial charge on any atom is 0.319 e. The van der Waals surface area contributed by atoms with Crippen LogP contribution in [-0.2, 0) is 16.1 Å². The van der Waals surface area contributed by atoms with Crippen molar-refractivity contribution in [1.29, 1.82) is 0 Å². The van der Waals surface area contributed by atoms with Crippen LogP contribution in [0.2, 0.25) is 0 Å². The van der Waals surface area contributed by atoms with Crippen molar-refractivity contribution in [3.8, 4) is 0 Å². The second kappa shape index (κ2) is 13.7. The van der Waals surface area contributed by atoms with E-state index in [1.165, 1.54) is 0 Å². The van der Waals surface area contributed by atoms with Crippen LogP contribution in [-0.4, -0.2) is 29.5 Å². The van der Waals surface area contributed by atoms with Crippen LogP contribution in [0.5, 0.6) is 0 Å². The molecule has 0 bridgehead atoms. The zero-order valence-electron chi connectivity index (χ0n) is 22.9. The third-order valence-electron chi connectivity index (χ3n) is 7.05. The van der Waals surface area contributed by atoms with Gasteiger partial charge in [-0.15, -0.1) is 11.8 Å². The van der Waals surface area contributed by atoms with Crippen LogP contribution in [0.4, 0.5) is 16.2 Å². The molecule has 1 saturated heterocycles. The van der Waals surface area contributed by atoms with Crippen molar-refractivity contribution < 1.29 is 19.4 Å². The first-order valence-electron chi connectivity index (χ1n) is 13.7. The number of hydrogen-bond donors (Lipinski definition) is 4. The van der Waals surface area contributed by atoms with E-state index in [-0.39, 0.29) is 30.8 Å². The predicted octanol–water partition coefficient (Wildman–Crippen LogP) is 6.63. The Labute approximate surface area is 245 Å². The van der Waals surface area contributed by atoms with Crippen molar-refractivity contribution >= 4 is 29.2 Å². The molecule has 8 heteroatoms. The Bertz CT molecular complexity index is 1430. The molecule has 5 rings (SSSR count). The fraction of sp³-hybridized carbons (Fsp3) is 0.242. The minimum Gasteiger partial charge on any atom is -0.398 e. The average molecular weight is 570 g/mol. The molecule has 0 aliphatic carbocycles. The predicted molar refractivity (Wildman–Crippen MR) is 164 cm³/mol. The van der Waals surface area contributed by atoms with E-state index < -0.39 is 6.29 Å². The first-order valence-corrected chi connectivity index (χ1v) is 14.7. The summed E-state index contributed by atoms with van der Waals surface area (Å²) in [6.45, 7) is 2.38. The maximum atomic E-state index is 12.2. The highest BCUT2D eigenvalue weighted by atomic mass is 32.2. The fourth-order valence-electron chi connectivity index (χ4n) is 5.03. The number of benzene rings is 4. The van der Waals surface area contributed by atoms with E-state index in [4.69, 9.17) is 15.2 Å². The lowest BCUT2D eigenvalue weighted by molar-refractivity contribution is -0.255. The minimum atomic E-state index is -0.674. The number of nitrogens with one attached hydrogen (secondary N) is 2. The number of thioether (sulfide) groups is 1. The molecule has 0 spiro atoms. The molecule has 2 amide bonds. The van der Waals surface area contributed by atoms with Crippen molar-refractivity contribution in [2.45, 2.75) is 42.8 Å². The van der Waals surface area contributed by atoms with E-state index in [1.54, 1.807) is 11.8 Å². The number of carbonyl (C=O) groups excluding carboxylic acids is 1. The van der Waals surface area contributed by atoms with Gasteiger partial charge < -0.3 is 30.9 Å². The molecule has 0 aromatic heterocycles. The first-order chi connectivity index (χ1) is 20.1. The van der Waals surface area contributed by atoms with E-state index >= 15 is 0 Å². The van der Waals surface area contributed by atoms with Gasteiger partial charge in [-0.1, -0.05) is 78.9 Å². The molecule has 212 valence electrons. The molecule has 4 aromatic carbocycles.